The molecule has 1 saturated heterocycles. The highest BCUT2D eigenvalue weighted by Crippen LogP contribution is 2.33. The van der Waals surface area contributed by atoms with Crippen LogP contribution in [0.3, 0.4) is 0 Å². The van der Waals surface area contributed by atoms with Crippen LogP contribution in [0.1, 0.15) is 48.7 Å². The van der Waals surface area contributed by atoms with Gasteiger partial charge in [0.1, 0.15) is 5.75 Å². The molecule has 2 atom stereocenters. The molecule has 1 aliphatic carbocycles. The average molecular weight is 531 g/mol. The zero-order valence-corrected chi connectivity index (χ0v) is 20.4. The Morgan fingerprint density at radius 3 is 2.54 bits per heavy atom. The number of nitrogens with one attached hydrogen (secondary N) is 2. The molecule has 0 bridgehead atoms. The number of rotatable bonds is 7. The third-order valence-electron chi connectivity index (χ3n) is 6.00. The van der Waals surface area contributed by atoms with Crippen LogP contribution in [0.2, 0.25) is 0 Å². The number of piperidine rings is 1. The second-order valence-electron chi connectivity index (χ2n) is 8.49. The highest BCUT2D eigenvalue weighted by Gasteiger charge is 2.38. The quantitative estimate of drug-likeness (QED) is 0.463. The van der Waals surface area contributed by atoms with Crippen molar-refractivity contribution < 1.29 is 17.9 Å². The Labute approximate surface area is 213 Å². The minimum Gasteiger partial charge on any atom is -0.490 e. The molecular formula is C23H27Cl2F3N6O. The summed E-state index contributed by atoms with van der Waals surface area (Å²) in [4.78, 5) is 0. The van der Waals surface area contributed by atoms with E-state index in [9.17, 15) is 13.2 Å². The Bertz CT molecular complexity index is 1090. The van der Waals surface area contributed by atoms with Gasteiger partial charge in [0.2, 0.25) is 0 Å². The minimum atomic E-state index is -4.65. The largest absolute Gasteiger partial charge is 0.490 e. The van der Waals surface area contributed by atoms with Gasteiger partial charge in [0.15, 0.2) is 0 Å². The number of benzene rings is 2. The van der Waals surface area contributed by atoms with Gasteiger partial charge in [-0.2, -0.15) is 17.9 Å². The molecule has 190 valence electrons. The van der Waals surface area contributed by atoms with Gasteiger partial charge in [-0.05, 0) is 66.4 Å². The maximum Gasteiger partial charge on any atom is 0.453 e. The van der Waals surface area contributed by atoms with Gasteiger partial charge in [-0.25, -0.2) is 0 Å². The van der Waals surface area contributed by atoms with Crippen molar-refractivity contribution in [2.24, 2.45) is 0 Å². The van der Waals surface area contributed by atoms with E-state index >= 15 is 0 Å². The highest BCUT2D eigenvalue weighted by atomic mass is 35.5. The zero-order valence-electron chi connectivity index (χ0n) is 18.7. The van der Waals surface area contributed by atoms with Gasteiger partial charge in [0.05, 0.1) is 11.8 Å². The molecular weight excluding hydrogens is 504 g/mol. The Hall–Kier alpha value is -2.40. The summed E-state index contributed by atoms with van der Waals surface area (Å²) in [7, 11) is 0. The fourth-order valence-electron chi connectivity index (χ4n) is 4.21. The van der Waals surface area contributed by atoms with Crippen LogP contribution < -0.4 is 15.4 Å². The fourth-order valence-corrected chi connectivity index (χ4v) is 4.21. The average Bonchev–Trinajstić information content (AvgIpc) is 3.49. The van der Waals surface area contributed by atoms with Crippen molar-refractivity contribution in [1.82, 2.24) is 30.8 Å². The summed E-state index contributed by atoms with van der Waals surface area (Å²) in [6.07, 6.45) is -0.462. The molecule has 2 heterocycles. The minimum absolute atomic E-state index is 0. The number of tetrazole rings is 1. The SMILES string of the molecule is Cl.Cl.FC(F)(F)c1nnnn1-c1ccc(OC2CC2)c(CN[C@H]2CCCN[C@H]2c2ccccc2)c1. The van der Waals surface area contributed by atoms with Crippen LogP contribution in [-0.4, -0.2) is 38.9 Å². The maximum absolute atomic E-state index is 13.3. The van der Waals surface area contributed by atoms with Crippen molar-refractivity contribution in [2.75, 3.05) is 6.54 Å². The predicted octanol–water partition coefficient (Wildman–Crippen LogP) is 4.65. The number of alkyl halides is 3. The summed E-state index contributed by atoms with van der Waals surface area (Å²) >= 11 is 0. The first-order valence-corrected chi connectivity index (χ1v) is 11.2. The van der Waals surface area contributed by atoms with E-state index in [4.69, 9.17) is 4.74 Å². The Morgan fingerprint density at radius 2 is 1.83 bits per heavy atom. The van der Waals surface area contributed by atoms with Gasteiger partial charge >= 0.3 is 6.18 Å². The second-order valence-corrected chi connectivity index (χ2v) is 8.49. The molecule has 7 nitrogen and oxygen atoms in total. The van der Waals surface area contributed by atoms with Gasteiger partial charge < -0.3 is 15.4 Å². The van der Waals surface area contributed by atoms with Crippen LogP contribution in [0.5, 0.6) is 5.75 Å². The van der Waals surface area contributed by atoms with Gasteiger partial charge in [0.25, 0.3) is 5.82 Å². The van der Waals surface area contributed by atoms with Crippen molar-refractivity contribution in [2.45, 2.75) is 56.6 Å². The first-order valence-electron chi connectivity index (χ1n) is 11.2. The van der Waals surface area contributed by atoms with E-state index in [0.29, 0.717) is 12.3 Å². The molecule has 0 radical (unpaired) electrons. The first kappa shape index (κ1) is 27.2. The van der Waals surface area contributed by atoms with E-state index in [1.54, 1.807) is 18.2 Å². The molecule has 2 fully saturated rings. The molecule has 12 heteroatoms. The normalized spacial score (nSPS) is 20.0. The summed E-state index contributed by atoms with van der Waals surface area (Å²) in [5.41, 5.74) is 2.23. The molecule has 0 amide bonds. The number of aromatic nitrogens is 4. The molecule has 2 aromatic carbocycles. The lowest BCUT2D eigenvalue weighted by atomic mass is 9.92. The molecule has 1 aliphatic heterocycles. The zero-order chi connectivity index (χ0) is 22.8. The smallest absolute Gasteiger partial charge is 0.453 e. The molecule has 1 aromatic heterocycles. The molecule has 2 N–H and O–H groups in total. The van der Waals surface area contributed by atoms with Crippen molar-refractivity contribution in [3.05, 3.63) is 65.5 Å². The number of ether oxygens (including phenoxy) is 1. The van der Waals surface area contributed by atoms with Crippen LogP contribution in [0.4, 0.5) is 13.2 Å². The van der Waals surface area contributed by atoms with Crippen LogP contribution >= 0.6 is 24.8 Å². The molecule has 3 aromatic rings. The maximum atomic E-state index is 13.3. The van der Waals surface area contributed by atoms with E-state index < -0.39 is 12.0 Å². The second kappa shape index (κ2) is 11.6. The van der Waals surface area contributed by atoms with Gasteiger partial charge in [-0.3, -0.25) is 0 Å². The molecule has 0 unspecified atom stereocenters. The Balaban J connectivity index is 0.00000171. The van der Waals surface area contributed by atoms with Crippen molar-refractivity contribution in [3.8, 4) is 11.4 Å². The standard InChI is InChI=1S/C23H25F3N6O.2ClH/c24-23(25,26)22-29-30-31-32(22)17-8-11-20(33-18-9-10-18)16(13-17)14-28-19-7-4-12-27-21(19)15-5-2-1-3-6-15;;/h1-3,5-6,8,11,13,18-19,21,27-28H,4,7,9-10,12,14H2;2*1H/t19-,21-;;/m0../s1. The van der Waals surface area contributed by atoms with Crippen molar-refractivity contribution in [3.63, 3.8) is 0 Å². The first-order chi connectivity index (χ1) is 16.0. The Morgan fingerprint density at radius 1 is 1.06 bits per heavy atom. The summed E-state index contributed by atoms with van der Waals surface area (Å²) < 4.78 is 46.7. The number of hydrogen-bond donors (Lipinski definition) is 2. The van der Waals surface area contributed by atoms with E-state index in [0.717, 1.165) is 42.5 Å². The number of hydrogen-bond acceptors (Lipinski definition) is 6. The summed E-state index contributed by atoms with van der Waals surface area (Å²) in [5.74, 6) is -0.478. The van der Waals surface area contributed by atoms with Crippen LogP contribution in [0, 0.1) is 0 Å². The lowest BCUT2D eigenvalue weighted by molar-refractivity contribution is -0.146. The van der Waals surface area contributed by atoms with E-state index in [-0.39, 0.29) is 48.7 Å². The van der Waals surface area contributed by atoms with Gasteiger partial charge in [0, 0.05) is 24.2 Å². The lowest BCUT2D eigenvalue weighted by Crippen LogP contribution is -2.45. The van der Waals surface area contributed by atoms with E-state index in [1.165, 1.54) is 5.56 Å². The third-order valence-corrected chi connectivity index (χ3v) is 6.00. The van der Waals surface area contributed by atoms with Crippen molar-refractivity contribution in [1.29, 1.82) is 0 Å². The van der Waals surface area contributed by atoms with Crippen molar-refractivity contribution >= 4 is 24.8 Å². The Kier molecular flexibility index (Phi) is 8.98. The molecule has 35 heavy (non-hydrogen) atoms. The van der Waals surface area contributed by atoms with Gasteiger partial charge in [-0.1, -0.05) is 30.3 Å². The number of nitrogens with zero attached hydrogens (tertiary/aromatic N) is 4. The number of halogens is 5. The highest BCUT2D eigenvalue weighted by molar-refractivity contribution is 5.85. The summed E-state index contributed by atoms with van der Waals surface area (Å²) in [5, 5.41) is 17.1. The van der Waals surface area contributed by atoms with Gasteiger partial charge in [-0.15, -0.1) is 29.9 Å². The molecule has 2 aliphatic rings. The predicted molar refractivity (Wildman–Crippen MR) is 129 cm³/mol. The molecule has 0 spiro atoms. The van der Waals surface area contributed by atoms with E-state index in [1.807, 2.05) is 18.2 Å². The van der Waals surface area contributed by atoms with Crippen LogP contribution in [0.25, 0.3) is 5.69 Å². The fraction of sp³-hybridized carbons (Fsp3) is 0.435. The van der Waals surface area contributed by atoms with E-state index in [2.05, 4.69) is 38.3 Å². The summed E-state index contributed by atoms with van der Waals surface area (Å²) in [6.45, 7) is 1.40. The molecule has 1 saturated carbocycles. The monoisotopic (exact) mass is 530 g/mol. The third kappa shape index (κ3) is 6.43. The summed E-state index contributed by atoms with van der Waals surface area (Å²) in [6, 6.07) is 15.5. The lowest BCUT2D eigenvalue weighted by Gasteiger charge is -2.34. The topological polar surface area (TPSA) is 76.9 Å². The van der Waals surface area contributed by atoms with Crippen LogP contribution in [0.15, 0.2) is 48.5 Å². The van der Waals surface area contributed by atoms with Crippen LogP contribution in [-0.2, 0) is 12.7 Å². The molecule has 5 rings (SSSR count).